The number of hydrogen-bond acceptors (Lipinski definition) is 8. The van der Waals surface area contributed by atoms with Crippen molar-refractivity contribution in [2.24, 2.45) is 5.92 Å². The predicted molar refractivity (Wildman–Crippen MR) is 98.6 cm³/mol. The number of carbonyl (C=O) groups excluding carboxylic acids is 1. The summed E-state index contributed by atoms with van der Waals surface area (Å²) in [5, 5.41) is 46.5. The van der Waals surface area contributed by atoms with Gasteiger partial charge in [-0.1, -0.05) is 13.3 Å². The first-order chi connectivity index (χ1) is 12.3. The topological polar surface area (TPSA) is 131 Å². The van der Waals surface area contributed by atoms with Gasteiger partial charge in [0.05, 0.1) is 18.2 Å². The lowest BCUT2D eigenvalue weighted by Gasteiger charge is -2.44. The molecule has 2 heterocycles. The molecule has 0 aromatic carbocycles. The third kappa shape index (κ3) is 4.89. The van der Waals surface area contributed by atoms with E-state index in [0.29, 0.717) is 5.92 Å². The highest BCUT2D eigenvalue weighted by atomic mass is 32.2. The second-order valence-electron chi connectivity index (χ2n) is 7.30. The monoisotopic (exact) mass is 392 g/mol. The van der Waals surface area contributed by atoms with E-state index in [1.165, 1.54) is 18.7 Å². The molecular formula is C17H32N2O6S. The lowest BCUT2D eigenvalue weighted by Crippen LogP contribution is -2.65. The fourth-order valence-electron chi connectivity index (χ4n) is 3.74. The van der Waals surface area contributed by atoms with Crippen molar-refractivity contribution in [2.75, 3.05) is 12.8 Å². The van der Waals surface area contributed by atoms with Crippen molar-refractivity contribution in [2.45, 2.75) is 81.1 Å². The van der Waals surface area contributed by atoms with Crippen LogP contribution < -0.4 is 10.6 Å². The summed E-state index contributed by atoms with van der Waals surface area (Å²) in [7, 11) is 0. The minimum atomic E-state index is -1.42. The molecule has 0 aromatic heterocycles. The number of aliphatic hydroxyl groups excluding tert-OH is 4. The van der Waals surface area contributed by atoms with Crippen molar-refractivity contribution >= 4 is 17.7 Å². The van der Waals surface area contributed by atoms with Crippen LogP contribution in [0.4, 0.5) is 0 Å². The average Bonchev–Trinajstić information content (AvgIpc) is 3.07. The Morgan fingerprint density at radius 2 is 2.00 bits per heavy atom. The zero-order chi connectivity index (χ0) is 19.4. The van der Waals surface area contributed by atoms with Crippen LogP contribution in [0.5, 0.6) is 0 Å². The van der Waals surface area contributed by atoms with Crippen molar-refractivity contribution in [1.29, 1.82) is 0 Å². The number of amides is 1. The number of carbonyl (C=O) groups is 1. The maximum absolute atomic E-state index is 12.6. The molecule has 2 aliphatic heterocycles. The maximum Gasteiger partial charge on any atom is 0.237 e. The molecule has 0 aliphatic carbocycles. The molecule has 152 valence electrons. The molecule has 6 N–H and O–H groups in total. The van der Waals surface area contributed by atoms with Crippen LogP contribution in [0, 0.1) is 5.92 Å². The molecule has 9 atom stereocenters. The third-order valence-electron chi connectivity index (χ3n) is 5.26. The van der Waals surface area contributed by atoms with E-state index in [4.69, 9.17) is 4.74 Å². The predicted octanol–water partition coefficient (Wildman–Crippen LogP) is -1.20. The number of aliphatic hydroxyl groups is 4. The summed E-state index contributed by atoms with van der Waals surface area (Å²) in [6.07, 6.45) is -1.54. The average molecular weight is 393 g/mol. The van der Waals surface area contributed by atoms with Gasteiger partial charge in [0.2, 0.25) is 5.91 Å². The van der Waals surface area contributed by atoms with Crippen LogP contribution in [0.3, 0.4) is 0 Å². The van der Waals surface area contributed by atoms with E-state index < -0.39 is 42.0 Å². The molecule has 2 fully saturated rings. The van der Waals surface area contributed by atoms with Crippen LogP contribution in [0.25, 0.3) is 0 Å². The van der Waals surface area contributed by atoms with E-state index in [9.17, 15) is 25.2 Å². The third-order valence-corrected chi connectivity index (χ3v) is 6.11. The standard InChI is InChI=1S/C17H32N2O6S/c1-4-5-9-6-10(18-7-9)16(24)19-11(8(2)20)15-13(22)12(21)14(23)17(25-15)26-3/h8-15,17-18,20-23H,4-7H2,1-3H3,(H,19,24)/t8-,9+,10+,11-,12-,13-,14-,15-,17-/m1/s1. The van der Waals surface area contributed by atoms with Crippen LogP contribution in [0.1, 0.15) is 33.1 Å². The van der Waals surface area contributed by atoms with Crippen molar-refractivity contribution in [3.63, 3.8) is 0 Å². The lowest BCUT2D eigenvalue weighted by atomic mass is 9.92. The summed E-state index contributed by atoms with van der Waals surface area (Å²) in [5.74, 6) is 0.196. The number of nitrogens with one attached hydrogen (secondary N) is 2. The summed E-state index contributed by atoms with van der Waals surface area (Å²) in [5.41, 5.74) is -0.755. The van der Waals surface area contributed by atoms with Crippen LogP contribution in [-0.2, 0) is 9.53 Å². The summed E-state index contributed by atoms with van der Waals surface area (Å²) < 4.78 is 5.69. The first-order valence-electron chi connectivity index (χ1n) is 9.24. The number of hydrogen-bond donors (Lipinski definition) is 6. The van der Waals surface area contributed by atoms with E-state index in [-0.39, 0.29) is 11.9 Å². The molecule has 0 bridgehead atoms. The summed E-state index contributed by atoms with van der Waals surface area (Å²) >= 11 is 1.19. The van der Waals surface area contributed by atoms with Crippen molar-refractivity contribution < 1.29 is 30.0 Å². The van der Waals surface area contributed by atoms with Crippen LogP contribution >= 0.6 is 11.8 Å². The van der Waals surface area contributed by atoms with E-state index in [1.54, 1.807) is 6.26 Å². The van der Waals surface area contributed by atoms with Crippen molar-refractivity contribution in [3.8, 4) is 0 Å². The second kappa shape index (κ2) is 9.68. The SMILES string of the molecule is CCC[C@@H]1CN[C@H](C(=O)N[C@@H]([C@H]2O[C@H](SC)[C@H](O)[C@H](O)[C@H]2O)[C@@H](C)O)C1. The largest absolute Gasteiger partial charge is 0.391 e. The molecule has 0 radical (unpaired) electrons. The normalized spacial score (nSPS) is 40.2. The van der Waals surface area contributed by atoms with E-state index in [1.807, 2.05) is 0 Å². The highest BCUT2D eigenvalue weighted by Crippen LogP contribution is 2.29. The van der Waals surface area contributed by atoms with Gasteiger partial charge in [-0.15, -0.1) is 11.8 Å². The minimum Gasteiger partial charge on any atom is -0.391 e. The van der Waals surface area contributed by atoms with Crippen LogP contribution in [-0.4, -0.2) is 87.2 Å². The second-order valence-corrected chi connectivity index (χ2v) is 8.24. The van der Waals surface area contributed by atoms with Crippen LogP contribution in [0.15, 0.2) is 0 Å². The Bertz CT molecular complexity index is 467. The van der Waals surface area contributed by atoms with Crippen LogP contribution in [0.2, 0.25) is 0 Å². The molecule has 2 rings (SSSR count). The Balaban J connectivity index is 2.05. The Hall–Kier alpha value is -0.420. The zero-order valence-electron chi connectivity index (χ0n) is 15.5. The van der Waals surface area contributed by atoms with Gasteiger partial charge >= 0.3 is 0 Å². The summed E-state index contributed by atoms with van der Waals surface area (Å²) in [6, 6.07) is -1.25. The van der Waals surface area contributed by atoms with E-state index in [0.717, 1.165) is 25.8 Å². The van der Waals surface area contributed by atoms with Gasteiger partial charge in [0, 0.05) is 0 Å². The molecular weight excluding hydrogens is 360 g/mol. The smallest absolute Gasteiger partial charge is 0.237 e. The number of rotatable bonds is 7. The number of thioether (sulfide) groups is 1. The molecule has 0 unspecified atom stereocenters. The molecule has 0 saturated carbocycles. The van der Waals surface area contributed by atoms with Gasteiger partial charge in [0.1, 0.15) is 29.9 Å². The molecule has 8 nitrogen and oxygen atoms in total. The molecule has 1 amide bonds. The Kier molecular flexibility index (Phi) is 8.14. The van der Waals surface area contributed by atoms with Crippen molar-refractivity contribution in [1.82, 2.24) is 10.6 Å². The van der Waals surface area contributed by atoms with Gasteiger partial charge in [0.25, 0.3) is 0 Å². The quantitative estimate of drug-likeness (QED) is 0.319. The van der Waals surface area contributed by atoms with E-state index >= 15 is 0 Å². The summed E-state index contributed by atoms with van der Waals surface area (Å²) in [6.45, 7) is 4.39. The molecule has 0 aromatic rings. The zero-order valence-corrected chi connectivity index (χ0v) is 16.4. The lowest BCUT2D eigenvalue weighted by molar-refractivity contribution is -0.211. The molecule has 0 spiro atoms. The van der Waals surface area contributed by atoms with Crippen molar-refractivity contribution in [3.05, 3.63) is 0 Å². The van der Waals surface area contributed by atoms with Gasteiger partial charge in [0.15, 0.2) is 0 Å². The first kappa shape index (κ1) is 21.9. The fourth-order valence-corrected chi connectivity index (χ4v) is 4.42. The highest BCUT2D eigenvalue weighted by Gasteiger charge is 2.48. The highest BCUT2D eigenvalue weighted by molar-refractivity contribution is 7.99. The molecule has 2 saturated heterocycles. The molecule has 26 heavy (non-hydrogen) atoms. The summed E-state index contributed by atoms with van der Waals surface area (Å²) in [4.78, 5) is 12.6. The van der Waals surface area contributed by atoms with Gasteiger partial charge < -0.3 is 35.8 Å². The Morgan fingerprint density at radius 3 is 2.58 bits per heavy atom. The van der Waals surface area contributed by atoms with E-state index in [2.05, 4.69) is 17.6 Å². The number of ether oxygens (including phenoxy) is 1. The first-order valence-corrected chi connectivity index (χ1v) is 10.5. The Labute approximate surface area is 158 Å². The maximum atomic E-state index is 12.6. The Morgan fingerprint density at radius 1 is 1.31 bits per heavy atom. The fraction of sp³-hybridized carbons (Fsp3) is 0.941. The van der Waals surface area contributed by atoms with Gasteiger partial charge in [-0.25, -0.2) is 0 Å². The van der Waals surface area contributed by atoms with Gasteiger partial charge in [-0.05, 0) is 38.5 Å². The van der Waals surface area contributed by atoms with Gasteiger partial charge in [-0.3, -0.25) is 4.79 Å². The van der Waals surface area contributed by atoms with Gasteiger partial charge in [-0.2, -0.15) is 0 Å². The molecule has 9 heteroatoms. The minimum absolute atomic E-state index is 0.258. The molecule has 2 aliphatic rings.